The van der Waals surface area contributed by atoms with Gasteiger partial charge in [0.25, 0.3) is 15.9 Å². The second kappa shape index (κ2) is 8.63. The van der Waals surface area contributed by atoms with E-state index in [1.807, 2.05) is 29.9 Å². The van der Waals surface area contributed by atoms with Crippen molar-refractivity contribution in [1.82, 2.24) is 9.78 Å². The van der Waals surface area contributed by atoms with Crippen LogP contribution in [0.1, 0.15) is 54.6 Å². The second-order valence-electron chi connectivity index (χ2n) is 10.8. The molecule has 2 N–H and O–H groups in total. The molecule has 0 aliphatic heterocycles. The molecular weight excluding hydrogens is 496 g/mol. The van der Waals surface area contributed by atoms with Crippen LogP contribution in [0.3, 0.4) is 0 Å². The van der Waals surface area contributed by atoms with E-state index in [0.29, 0.717) is 16.4 Å². The number of amides is 1. The summed E-state index contributed by atoms with van der Waals surface area (Å²) in [5.74, 6) is 1.86. The number of para-hydroxylation sites is 1. The van der Waals surface area contributed by atoms with Gasteiger partial charge in [-0.1, -0.05) is 29.8 Å². The summed E-state index contributed by atoms with van der Waals surface area (Å²) in [6, 6.07) is 13.2. The SMILES string of the molecule is Cc1ccccc1NS(=O)(=O)c1ccc(NC(=O)c2nn(C34CC5CC(CC(C5)C3)C4)cc2Cl)cc1. The van der Waals surface area contributed by atoms with Crippen LogP contribution >= 0.6 is 11.6 Å². The third-order valence-electron chi connectivity index (χ3n) is 8.19. The Morgan fingerprint density at radius 2 is 1.61 bits per heavy atom. The molecule has 4 saturated carbocycles. The smallest absolute Gasteiger partial charge is 0.277 e. The number of anilines is 2. The van der Waals surface area contributed by atoms with Gasteiger partial charge in [-0.15, -0.1) is 0 Å². The lowest BCUT2D eigenvalue weighted by Crippen LogP contribution is -2.52. The van der Waals surface area contributed by atoms with E-state index in [1.54, 1.807) is 24.3 Å². The van der Waals surface area contributed by atoms with Crippen molar-refractivity contribution in [3.8, 4) is 0 Å². The van der Waals surface area contributed by atoms with Gasteiger partial charge in [0.05, 0.1) is 21.1 Å². The molecule has 4 aliphatic rings. The van der Waals surface area contributed by atoms with Crippen molar-refractivity contribution in [2.75, 3.05) is 10.0 Å². The molecule has 36 heavy (non-hydrogen) atoms. The molecule has 2 aromatic carbocycles. The number of aromatic nitrogens is 2. The molecule has 4 aliphatic carbocycles. The predicted octanol–water partition coefficient (Wildman–Crippen LogP) is 5.82. The molecule has 3 aromatic rings. The van der Waals surface area contributed by atoms with E-state index in [9.17, 15) is 13.2 Å². The first kappa shape index (κ1) is 23.6. The highest BCUT2D eigenvalue weighted by molar-refractivity contribution is 7.92. The maximum atomic E-state index is 13.0. The van der Waals surface area contributed by atoms with E-state index < -0.39 is 15.9 Å². The van der Waals surface area contributed by atoms with Crippen molar-refractivity contribution in [3.05, 3.63) is 71.0 Å². The van der Waals surface area contributed by atoms with Gasteiger partial charge in [0.15, 0.2) is 5.69 Å². The van der Waals surface area contributed by atoms with Gasteiger partial charge in [-0.3, -0.25) is 14.2 Å². The number of nitrogens with one attached hydrogen (secondary N) is 2. The van der Waals surface area contributed by atoms with Crippen LogP contribution in [0.5, 0.6) is 0 Å². The Morgan fingerprint density at radius 3 is 2.22 bits per heavy atom. The van der Waals surface area contributed by atoms with Crippen LogP contribution in [-0.4, -0.2) is 24.1 Å². The summed E-state index contributed by atoms with van der Waals surface area (Å²) in [5, 5.41) is 7.82. The fraction of sp³-hybridized carbons (Fsp3) is 0.407. The summed E-state index contributed by atoms with van der Waals surface area (Å²) in [6.45, 7) is 1.84. The van der Waals surface area contributed by atoms with Gasteiger partial charge in [0, 0.05) is 11.9 Å². The fourth-order valence-electron chi connectivity index (χ4n) is 6.89. The zero-order chi connectivity index (χ0) is 25.1. The van der Waals surface area contributed by atoms with E-state index in [-0.39, 0.29) is 16.1 Å². The Labute approximate surface area is 216 Å². The number of carbonyl (C=O) groups excluding carboxylic acids is 1. The molecule has 0 radical (unpaired) electrons. The van der Waals surface area contributed by atoms with Crippen LogP contribution in [0.4, 0.5) is 11.4 Å². The van der Waals surface area contributed by atoms with Crippen LogP contribution in [0, 0.1) is 24.7 Å². The minimum Gasteiger partial charge on any atom is -0.321 e. The highest BCUT2D eigenvalue weighted by Crippen LogP contribution is 2.58. The molecule has 4 bridgehead atoms. The number of benzene rings is 2. The van der Waals surface area contributed by atoms with Crippen molar-refractivity contribution < 1.29 is 13.2 Å². The molecule has 0 saturated heterocycles. The van der Waals surface area contributed by atoms with Gasteiger partial charge in [-0.05, 0) is 99.1 Å². The van der Waals surface area contributed by atoms with Gasteiger partial charge in [0.2, 0.25) is 0 Å². The second-order valence-corrected chi connectivity index (χ2v) is 12.9. The quantitative estimate of drug-likeness (QED) is 0.424. The first-order valence-corrected chi connectivity index (χ1v) is 14.3. The molecule has 0 atom stereocenters. The van der Waals surface area contributed by atoms with E-state index in [2.05, 4.69) is 15.1 Å². The van der Waals surface area contributed by atoms with E-state index >= 15 is 0 Å². The van der Waals surface area contributed by atoms with Gasteiger partial charge < -0.3 is 5.32 Å². The van der Waals surface area contributed by atoms with E-state index in [4.69, 9.17) is 11.6 Å². The van der Waals surface area contributed by atoms with Gasteiger partial charge in [-0.25, -0.2) is 8.42 Å². The minimum atomic E-state index is -3.76. The summed E-state index contributed by atoms with van der Waals surface area (Å²) >= 11 is 6.49. The standard InChI is InChI=1S/C27H29ClN4O3S/c1-17-4-2-3-5-24(17)31-36(34,35)22-8-6-21(7-9-22)29-26(33)25-23(28)16-32(30-25)27-13-18-10-19(14-27)12-20(11-18)15-27/h2-9,16,18-20,31H,10-15H2,1H3,(H,29,33). The highest BCUT2D eigenvalue weighted by Gasteiger charge is 2.52. The van der Waals surface area contributed by atoms with Crippen LogP contribution in [0.25, 0.3) is 0 Å². The molecule has 4 fully saturated rings. The van der Waals surface area contributed by atoms with Crippen LogP contribution in [0.2, 0.25) is 5.02 Å². The van der Waals surface area contributed by atoms with Crippen molar-refractivity contribution in [3.63, 3.8) is 0 Å². The average molecular weight is 525 g/mol. The topological polar surface area (TPSA) is 93.1 Å². The number of aryl methyl sites for hydroxylation is 1. The summed E-state index contributed by atoms with van der Waals surface area (Å²) in [6.07, 6.45) is 9.14. The van der Waals surface area contributed by atoms with Crippen LogP contribution in [-0.2, 0) is 15.6 Å². The number of rotatable bonds is 6. The third-order valence-corrected chi connectivity index (χ3v) is 9.85. The first-order valence-electron chi connectivity index (χ1n) is 12.5. The number of nitrogens with zero attached hydrogens (tertiary/aromatic N) is 2. The maximum absolute atomic E-state index is 13.0. The summed E-state index contributed by atoms with van der Waals surface area (Å²) in [7, 11) is -3.76. The molecule has 1 amide bonds. The lowest BCUT2D eigenvalue weighted by atomic mass is 9.53. The molecule has 0 unspecified atom stereocenters. The number of carbonyl (C=O) groups is 1. The minimum absolute atomic E-state index is 0.0168. The zero-order valence-electron chi connectivity index (χ0n) is 20.1. The van der Waals surface area contributed by atoms with Gasteiger partial charge >= 0.3 is 0 Å². The number of hydrogen-bond acceptors (Lipinski definition) is 4. The van der Waals surface area contributed by atoms with Crippen LogP contribution < -0.4 is 10.0 Å². The summed E-state index contributed by atoms with van der Waals surface area (Å²) in [5.41, 5.74) is 2.01. The monoisotopic (exact) mass is 524 g/mol. The Morgan fingerprint density at radius 1 is 1.00 bits per heavy atom. The van der Waals surface area contributed by atoms with Crippen molar-refractivity contribution in [2.24, 2.45) is 17.8 Å². The summed E-state index contributed by atoms with van der Waals surface area (Å²) in [4.78, 5) is 13.1. The maximum Gasteiger partial charge on any atom is 0.277 e. The lowest BCUT2D eigenvalue weighted by molar-refractivity contribution is -0.0494. The largest absolute Gasteiger partial charge is 0.321 e. The van der Waals surface area contributed by atoms with Crippen molar-refractivity contribution >= 4 is 38.9 Å². The van der Waals surface area contributed by atoms with E-state index in [0.717, 1.165) is 42.6 Å². The lowest BCUT2D eigenvalue weighted by Gasteiger charge is -2.56. The van der Waals surface area contributed by atoms with Crippen molar-refractivity contribution in [1.29, 1.82) is 0 Å². The molecule has 7 rings (SSSR count). The Hall–Kier alpha value is -2.84. The summed E-state index contributed by atoms with van der Waals surface area (Å²) < 4.78 is 30.2. The Kier molecular flexibility index (Phi) is 5.64. The average Bonchev–Trinajstić information content (AvgIpc) is 3.23. The van der Waals surface area contributed by atoms with Gasteiger partial charge in [-0.2, -0.15) is 5.10 Å². The molecule has 7 nitrogen and oxygen atoms in total. The van der Waals surface area contributed by atoms with E-state index in [1.165, 1.54) is 31.4 Å². The van der Waals surface area contributed by atoms with Crippen molar-refractivity contribution in [2.45, 2.75) is 55.9 Å². The first-order chi connectivity index (χ1) is 17.2. The number of sulfonamides is 1. The highest BCUT2D eigenvalue weighted by atomic mass is 35.5. The molecule has 9 heteroatoms. The molecule has 1 aromatic heterocycles. The zero-order valence-corrected chi connectivity index (χ0v) is 21.6. The molecule has 1 heterocycles. The Balaban J connectivity index is 1.17. The molecule has 0 spiro atoms. The Bertz CT molecular complexity index is 1400. The molecule has 188 valence electrons. The normalized spacial score (nSPS) is 26.7. The number of hydrogen-bond donors (Lipinski definition) is 2. The predicted molar refractivity (Wildman–Crippen MR) is 140 cm³/mol. The fourth-order valence-corrected chi connectivity index (χ4v) is 8.24. The molecular formula is C27H29ClN4O3S. The third kappa shape index (κ3) is 4.20. The number of halogens is 1. The van der Waals surface area contributed by atoms with Gasteiger partial charge in [0.1, 0.15) is 0 Å². The van der Waals surface area contributed by atoms with Crippen LogP contribution in [0.15, 0.2) is 59.6 Å².